The highest BCUT2D eigenvalue weighted by molar-refractivity contribution is 5.99. The van der Waals surface area contributed by atoms with Crippen molar-refractivity contribution in [3.8, 4) is 11.5 Å². The number of amides is 1. The molecule has 0 saturated heterocycles. The Kier molecular flexibility index (Phi) is 5.01. The number of methoxy groups -OCH3 is 2. The minimum Gasteiger partial charge on any atom is -0.496 e. The first kappa shape index (κ1) is 14.4. The van der Waals surface area contributed by atoms with Crippen LogP contribution in [0.2, 0.25) is 0 Å². The van der Waals surface area contributed by atoms with E-state index < -0.39 is 0 Å². The molecule has 0 N–H and O–H groups in total. The Hall–Kier alpha value is -1.71. The molecule has 0 atom stereocenters. The smallest absolute Gasteiger partial charge is 0.258 e. The van der Waals surface area contributed by atoms with Crippen LogP contribution in [0.3, 0.4) is 0 Å². The lowest BCUT2D eigenvalue weighted by molar-refractivity contribution is 0.0768. The topological polar surface area (TPSA) is 38.8 Å². The van der Waals surface area contributed by atoms with Crippen LogP contribution in [0.5, 0.6) is 11.5 Å². The Labute approximate surface area is 108 Å². The molecule has 1 aromatic carbocycles. The molecule has 1 aromatic rings. The van der Waals surface area contributed by atoms with E-state index in [9.17, 15) is 4.79 Å². The highest BCUT2D eigenvalue weighted by atomic mass is 16.5. The quantitative estimate of drug-likeness (QED) is 0.807. The van der Waals surface area contributed by atoms with Crippen molar-refractivity contribution in [3.05, 3.63) is 23.3 Å². The summed E-state index contributed by atoms with van der Waals surface area (Å²) in [5.41, 5.74) is 1.40. The van der Waals surface area contributed by atoms with Crippen molar-refractivity contribution in [1.29, 1.82) is 0 Å². The Balaban J connectivity index is 3.31. The maximum Gasteiger partial charge on any atom is 0.258 e. The number of hydrogen-bond donors (Lipinski definition) is 0. The average Bonchev–Trinajstić information content (AvgIpc) is 2.39. The third kappa shape index (κ3) is 2.58. The largest absolute Gasteiger partial charge is 0.496 e. The van der Waals surface area contributed by atoms with Gasteiger partial charge in [-0.1, -0.05) is 0 Å². The van der Waals surface area contributed by atoms with Crippen LogP contribution in [-0.4, -0.2) is 38.1 Å². The van der Waals surface area contributed by atoms with Crippen molar-refractivity contribution in [2.24, 2.45) is 0 Å². The molecule has 1 rings (SSSR count). The zero-order chi connectivity index (χ0) is 13.7. The van der Waals surface area contributed by atoms with Gasteiger partial charge < -0.3 is 14.4 Å². The summed E-state index contributed by atoms with van der Waals surface area (Å²) in [6.07, 6.45) is 0. The van der Waals surface area contributed by atoms with Gasteiger partial charge in [0.1, 0.15) is 11.5 Å². The molecule has 4 heteroatoms. The van der Waals surface area contributed by atoms with Gasteiger partial charge in [0.2, 0.25) is 0 Å². The molecule has 4 nitrogen and oxygen atoms in total. The van der Waals surface area contributed by atoms with Gasteiger partial charge in [-0.3, -0.25) is 4.79 Å². The van der Waals surface area contributed by atoms with Crippen LogP contribution in [0.25, 0.3) is 0 Å². The van der Waals surface area contributed by atoms with E-state index in [1.165, 1.54) is 0 Å². The zero-order valence-electron chi connectivity index (χ0n) is 11.7. The number of hydrogen-bond acceptors (Lipinski definition) is 3. The molecule has 0 aliphatic carbocycles. The summed E-state index contributed by atoms with van der Waals surface area (Å²) in [6.45, 7) is 7.15. The van der Waals surface area contributed by atoms with Gasteiger partial charge in [0, 0.05) is 18.7 Å². The Bertz CT molecular complexity index is 425. The first-order valence-corrected chi connectivity index (χ1v) is 6.11. The van der Waals surface area contributed by atoms with Gasteiger partial charge in [0.25, 0.3) is 5.91 Å². The van der Waals surface area contributed by atoms with Crippen LogP contribution in [0.1, 0.15) is 29.8 Å². The molecule has 1 amide bonds. The van der Waals surface area contributed by atoms with E-state index in [4.69, 9.17) is 9.47 Å². The van der Waals surface area contributed by atoms with Crippen LogP contribution >= 0.6 is 0 Å². The summed E-state index contributed by atoms with van der Waals surface area (Å²) < 4.78 is 10.5. The van der Waals surface area contributed by atoms with Crippen molar-refractivity contribution >= 4 is 5.91 Å². The van der Waals surface area contributed by atoms with Gasteiger partial charge in [-0.25, -0.2) is 0 Å². The van der Waals surface area contributed by atoms with Crippen molar-refractivity contribution in [2.75, 3.05) is 27.3 Å². The minimum atomic E-state index is -0.0201. The lowest BCUT2D eigenvalue weighted by atomic mass is 10.0. The van der Waals surface area contributed by atoms with E-state index in [0.717, 1.165) is 5.56 Å². The molecule has 0 fully saturated rings. The molecule has 18 heavy (non-hydrogen) atoms. The first-order valence-electron chi connectivity index (χ1n) is 6.11. The van der Waals surface area contributed by atoms with Crippen LogP contribution < -0.4 is 9.47 Å². The molecule has 0 saturated carbocycles. The zero-order valence-corrected chi connectivity index (χ0v) is 11.7. The first-order chi connectivity index (χ1) is 8.60. The maximum absolute atomic E-state index is 12.5. The fourth-order valence-electron chi connectivity index (χ4n) is 1.99. The van der Waals surface area contributed by atoms with Crippen LogP contribution in [-0.2, 0) is 0 Å². The summed E-state index contributed by atoms with van der Waals surface area (Å²) in [7, 11) is 3.17. The third-order valence-corrected chi connectivity index (χ3v) is 3.08. The highest BCUT2D eigenvalue weighted by Gasteiger charge is 2.21. The Morgan fingerprint density at radius 2 is 1.61 bits per heavy atom. The number of carbonyl (C=O) groups is 1. The number of nitrogens with zero attached hydrogens (tertiary/aromatic N) is 1. The van der Waals surface area contributed by atoms with Crippen LogP contribution in [0, 0.1) is 6.92 Å². The van der Waals surface area contributed by atoms with Gasteiger partial charge in [0.05, 0.1) is 19.8 Å². The van der Waals surface area contributed by atoms with Crippen molar-refractivity contribution in [2.45, 2.75) is 20.8 Å². The van der Waals surface area contributed by atoms with Gasteiger partial charge in [-0.15, -0.1) is 0 Å². The Morgan fingerprint density at radius 1 is 1.11 bits per heavy atom. The van der Waals surface area contributed by atoms with Crippen molar-refractivity contribution < 1.29 is 14.3 Å². The number of benzene rings is 1. The molecule has 100 valence electrons. The van der Waals surface area contributed by atoms with E-state index in [2.05, 4.69) is 0 Å². The second-order valence-corrected chi connectivity index (χ2v) is 3.95. The van der Waals surface area contributed by atoms with Crippen LogP contribution in [0.4, 0.5) is 0 Å². The number of rotatable bonds is 5. The van der Waals surface area contributed by atoms with Gasteiger partial charge in [-0.2, -0.15) is 0 Å². The Morgan fingerprint density at radius 3 is 2.06 bits per heavy atom. The van der Waals surface area contributed by atoms with Crippen molar-refractivity contribution in [1.82, 2.24) is 4.90 Å². The molecular formula is C14H21NO3. The number of carbonyl (C=O) groups excluding carboxylic acids is 1. The molecule has 0 aromatic heterocycles. The van der Waals surface area contributed by atoms with E-state index in [1.54, 1.807) is 25.2 Å². The summed E-state index contributed by atoms with van der Waals surface area (Å²) >= 11 is 0. The maximum atomic E-state index is 12.5. The molecule has 0 aliphatic rings. The summed E-state index contributed by atoms with van der Waals surface area (Å²) in [6, 6.07) is 3.58. The van der Waals surface area contributed by atoms with Gasteiger partial charge in [-0.05, 0) is 32.9 Å². The second-order valence-electron chi connectivity index (χ2n) is 3.95. The fourth-order valence-corrected chi connectivity index (χ4v) is 1.99. The van der Waals surface area contributed by atoms with Crippen molar-refractivity contribution in [3.63, 3.8) is 0 Å². The summed E-state index contributed by atoms with van der Waals surface area (Å²) in [4.78, 5) is 14.2. The number of ether oxygens (including phenoxy) is 2. The molecule has 0 aliphatic heterocycles. The average molecular weight is 251 g/mol. The molecule has 0 bridgehead atoms. The monoisotopic (exact) mass is 251 g/mol. The third-order valence-electron chi connectivity index (χ3n) is 3.08. The van der Waals surface area contributed by atoms with E-state index >= 15 is 0 Å². The van der Waals surface area contributed by atoms with E-state index in [-0.39, 0.29) is 5.91 Å². The van der Waals surface area contributed by atoms with Crippen LogP contribution in [0.15, 0.2) is 12.1 Å². The lowest BCUT2D eigenvalue weighted by Crippen LogP contribution is -2.31. The van der Waals surface area contributed by atoms with E-state index in [0.29, 0.717) is 30.2 Å². The summed E-state index contributed by atoms with van der Waals surface area (Å²) in [5, 5.41) is 0. The lowest BCUT2D eigenvalue weighted by Gasteiger charge is -2.22. The predicted octanol–water partition coefficient (Wildman–Crippen LogP) is 2.49. The molecule has 0 unspecified atom stereocenters. The highest BCUT2D eigenvalue weighted by Crippen LogP contribution is 2.30. The molecule has 0 radical (unpaired) electrons. The molecular weight excluding hydrogens is 230 g/mol. The normalized spacial score (nSPS) is 10.1. The standard InChI is InChI=1S/C14H21NO3/c1-6-15(7-2)14(16)13-10(3)11(17-4)8-9-12(13)18-5/h8-9H,6-7H2,1-5H3. The fraction of sp³-hybridized carbons (Fsp3) is 0.500. The van der Waals surface area contributed by atoms with Gasteiger partial charge in [0.15, 0.2) is 0 Å². The van der Waals surface area contributed by atoms with Gasteiger partial charge >= 0.3 is 0 Å². The summed E-state index contributed by atoms with van der Waals surface area (Å²) in [5.74, 6) is 1.27. The second kappa shape index (κ2) is 6.28. The minimum absolute atomic E-state index is 0.0201. The predicted molar refractivity (Wildman–Crippen MR) is 71.5 cm³/mol. The van der Waals surface area contributed by atoms with E-state index in [1.807, 2.05) is 26.8 Å². The SMILES string of the molecule is CCN(CC)C(=O)c1c(OC)ccc(OC)c1C. The molecule has 0 heterocycles. The molecule has 0 spiro atoms.